The summed E-state index contributed by atoms with van der Waals surface area (Å²) in [6.45, 7) is 4.32. The molecule has 0 aromatic heterocycles. The van der Waals surface area contributed by atoms with E-state index in [1.54, 1.807) is 12.1 Å². The molecule has 4 unspecified atom stereocenters. The van der Waals surface area contributed by atoms with Crippen molar-refractivity contribution in [2.45, 2.75) is 57.8 Å². The summed E-state index contributed by atoms with van der Waals surface area (Å²) in [7, 11) is 0. The van der Waals surface area contributed by atoms with E-state index in [2.05, 4.69) is 19.2 Å². The average Bonchev–Trinajstić information content (AvgIpc) is 3.09. The van der Waals surface area contributed by atoms with E-state index in [-0.39, 0.29) is 23.9 Å². The summed E-state index contributed by atoms with van der Waals surface area (Å²) in [5, 5.41) is 3.46. The van der Waals surface area contributed by atoms with Crippen molar-refractivity contribution in [2.24, 2.45) is 5.92 Å². The van der Waals surface area contributed by atoms with Crippen molar-refractivity contribution in [1.29, 1.82) is 0 Å². The maximum Gasteiger partial charge on any atom is 0.241 e. The first-order valence-corrected chi connectivity index (χ1v) is 7.95. The number of carbonyl (C=O) groups excluding carboxylic acids is 1. The lowest BCUT2D eigenvalue weighted by atomic mass is 10.1. The zero-order chi connectivity index (χ0) is 15.0. The Kier molecular flexibility index (Phi) is 3.98. The highest BCUT2D eigenvalue weighted by molar-refractivity contribution is 5.85. The first-order valence-electron chi connectivity index (χ1n) is 7.95. The second-order valence-corrected chi connectivity index (χ2v) is 6.34. The highest BCUT2D eigenvalue weighted by atomic mass is 19.1. The molecule has 4 atom stereocenters. The summed E-state index contributed by atoms with van der Waals surface area (Å²) in [6.07, 6.45) is 3.99. The summed E-state index contributed by atoms with van der Waals surface area (Å²) < 4.78 is 13.1. The first kappa shape index (κ1) is 14.5. The molecule has 1 saturated heterocycles. The SMILES string of the molecule is CCCCC1NC(c2ccc(F)cc2)N(C2CC2C)C1=O. The third-order valence-electron chi connectivity index (χ3n) is 4.65. The van der Waals surface area contributed by atoms with Crippen molar-refractivity contribution >= 4 is 5.91 Å². The molecular formula is C17H23FN2O. The van der Waals surface area contributed by atoms with Crippen LogP contribution in [-0.4, -0.2) is 22.9 Å². The van der Waals surface area contributed by atoms with Gasteiger partial charge in [-0.2, -0.15) is 0 Å². The van der Waals surface area contributed by atoms with Crippen LogP contribution in [0.3, 0.4) is 0 Å². The summed E-state index contributed by atoms with van der Waals surface area (Å²) in [4.78, 5) is 14.7. The monoisotopic (exact) mass is 290 g/mol. The zero-order valence-corrected chi connectivity index (χ0v) is 12.7. The molecule has 0 bridgehead atoms. The highest BCUT2D eigenvalue weighted by Gasteiger charge is 2.49. The molecule has 3 nitrogen and oxygen atoms in total. The summed E-state index contributed by atoms with van der Waals surface area (Å²) in [6, 6.07) is 6.75. The number of halogens is 1. The van der Waals surface area contributed by atoms with Gasteiger partial charge in [-0.15, -0.1) is 0 Å². The molecule has 114 valence electrons. The lowest BCUT2D eigenvalue weighted by molar-refractivity contribution is -0.131. The Balaban J connectivity index is 1.82. The molecule has 4 heteroatoms. The van der Waals surface area contributed by atoms with Gasteiger partial charge in [0.2, 0.25) is 5.91 Å². The van der Waals surface area contributed by atoms with Gasteiger partial charge in [-0.25, -0.2) is 4.39 Å². The second kappa shape index (κ2) is 5.76. The molecule has 1 amide bonds. The van der Waals surface area contributed by atoms with E-state index in [0.717, 1.165) is 31.2 Å². The molecule has 1 heterocycles. The van der Waals surface area contributed by atoms with Crippen LogP contribution in [0.4, 0.5) is 4.39 Å². The minimum Gasteiger partial charge on any atom is -0.318 e. The Labute approximate surface area is 125 Å². The number of hydrogen-bond donors (Lipinski definition) is 1. The number of rotatable bonds is 5. The lowest BCUT2D eigenvalue weighted by Crippen LogP contribution is -2.33. The van der Waals surface area contributed by atoms with Gasteiger partial charge in [-0.1, -0.05) is 38.8 Å². The van der Waals surface area contributed by atoms with Gasteiger partial charge in [-0.05, 0) is 36.5 Å². The molecule has 1 aliphatic heterocycles. The van der Waals surface area contributed by atoms with Crippen molar-refractivity contribution < 1.29 is 9.18 Å². The molecule has 3 rings (SSSR count). The predicted octanol–water partition coefficient (Wildman–Crippen LogP) is 3.22. The van der Waals surface area contributed by atoms with E-state index in [0.29, 0.717) is 12.0 Å². The second-order valence-electron chi connectivity index (χ2n) is 6.34. The zero-order valence-electron chi connectivity index (χ0n) is 12.7. The van der Waals surface area contributed by atoms with Crippen LogP contribution in [0.2, 0.25) is 0 Å². The van der Waals surface area contributed by atoms with E-state index >= 15 is 0 Å². The fourth-order valence-electron chi connectivity index (χ4n) is 3.21. The van der Waals surface area contributed by atoms with E-state index in [4.69, 9.17) is 0 Å². The third-order valence-corrected chi connectivity index (χ3v) is 4.65. The van der Waals surface area contributed by atoms with Crippen molar-refractivity contribution in [2.75, 3.05) is 0 Å². The quantitative estimate of drug-likeness (QED) is 0.903. The van der Waals surface area contributed by atoms with Gasteiger partial charge in [0, 0.05) is 6.04 Å². The van der Waals surface area contributed by atoms with Gasteiger partial charge < -0.3 is 4.90 Å². The molecule has 2 aliphatic rings. The van der Waals surface area contributed by atoms with Gasteiger partial charge in [-0.3, -0.25) is 10.1 Å². The average molecular weight is 290 g/mol. The number of nitrogens with one attached hydrogen (secondary N) is 1. The third kappa shape index (κ3) is 2.82. The van der Waals surface area contributed by atoms with Gasteiger partial charge in [0.05, 0.1) is 6.04 Å². The number of carbonyl (C=O) groups is 1. The Hall–Kier alpha value is -1.42. The van der Waals surface area contributed by atoms with Crippen LogP contribution in [-0.2, 0) is 4.79 Å². The fourth-order valence-corrected chi connectivity index (χ4v) is 3.21. The molecule has 1 aromatic carbocycles. The van der Waals surface area contributed by atoms with Crippen molar-refractivity contribution in [3.63, 3.8) is 0 Å². The Morgan fingerprint density at radius 2 is 2.00 bits per heavy atom. The highest BCUT2D eigenvalue weighted by Crippen LogP contribution is 2.42. The van der Waals surface area contributed by atoms with Crippen LogP contribution in [0, 0.1) is 11.7 Å². The molecule has 0 radical (unpaired) electrons. The summed E-state index contributed by atoms with van der Waals surface area (Å²) in [5.41, 5.74) is 0.975. The minimum absolute atomic E-state index is 0.0900. The maximum absolute atomic E-state index is 13.1. The topological polar surface area (TPSA) is 32.3 Å². The van der Waals surface area contributed by atoms with Crippen molar-refractivity contribution in [3.05, 3.63) is 35.6 Å². The smallest absolute Gasteiger partial charge is 0.241 e. The predicted molar refractivity (Wildman–Crippen MR) is 80.0 cm³/mol. The molecule has 2 fully saturated rings. The van der Waals surface area contributed by atoms with Crippen molar-refractivity contribution in [3.8, 4) is 0 Å². The van der Waals surface area contributed by atoms with Crippen LogP contribution in [0.5, 0.6) is 0 Å². The summed E-state index contributed by atoms with van der Waals surface area (Å²) >= 11 is 0. The van der Waals surface area contributed by atoms with Crippen LogP contribution in [0.15, 0.2) is 24.3 Å². The lowest BCUT2D eigenvalue weighted by Gasteiger charge is -2.24. The largest absolute Gasteiger partial charge is 0.318 e. The maximum atomic E-state index is 13.1. The van der Waals surface area contributed by atoms with Crippen LogP contribution >= 0.6 is 0 Å². The van der Waals surface area contributed by atoms with E-state index in [1.165, 1.54) is 12.1 Å². The minimum atomic E-state index is -0.239. The van der Waals surface area contributed by atoms with Crippen LogP contribution < -0.4 is 5.32 Å². The van der Waals surface area contributed by atoms with E-state index < -0.39 is 0 Å². The normalized spacial score (nSPS) is 31.8. The molecule has 21 heavy (non-hydrogen) atoms. The number of hydrogen-bond acceptors (Lipinski definition) is 2. The van der Waals surface area contributed by atoms with Gasteiger partial charge in [0.15, 0.2) is 0 Å². The standard InChI is InChI=1S/C17H23FN2O/c1-3-4-5-14-17(21)20(15-10-11(15)2)16(19-14)12-6-8-13(18)9-7-12/h6-9,11,14-16,19H,3-5,10H2,1-2H3. The molecule has 0 spiro atoms. The van der Waals surface area contributed by atoms with E-state index in [9.17, 15) is 9.18 Å². The number of benzene rings is 1. The van der Waals surface area contributed by atoms with Crippen LogP contribution in [0.25, 0.3) is 0 Å². The molecule has 1 aliphatic carbocycles. The van der Waals surface area contributed by atoms with Crippen LogP contribution in [0.1, 0.15) is 51.3 Å². The Morgan fingerprint density at radius 3 is 2.57 bits per heavy atom. The number of nitrogens with zero attached hydrogens (tertiary/aromatic N) is 1. The molecule has 1 N–H and O–H groups in total. The summed E-state index contributed by atoms with van der Waals surface area (Å²) in [5.74, 6) is 0.549. The number of amides is 1. The van der Waals surface area contributed by atoms with Gasteiger partial charge in [0.25, 0.3) is 0 Å². The molecule has 1 saturated carbocycles. The van der Waals surface area contributed by atoms with Gasteiger partial charge in [0.1, 0.15) is 12.0 Å². The molecular weight excluding hydrogens is 267 g/mol. The number of unbranched alkanes of at least 4 members (excludes halogenated alkanes) is 1. The fraction of sp³-hybridized carbons (Fsp3) is 0.588. The first-order chi connectivity index (χ1) is 10.1. The Bertz CT molecular complexity index is 516. The van der Waals surface area contributed by atoms with Crippen molar-refractivity contribution in [1.82, 2.24) is 10.2 Å². The Morgan fingerprint density at radius 1 is 1.33 bits per heavy atom. The molecule has 1 aromatic rings. The van der Waals surface area contributed by atoms with E-state index in [1.807, 2.05) is 4.90 Å². The van der Waals surface area contributed by atoms with Gasteiger partial charge >= 0.3 is 0 Å².